The molecule has 2 nitrogen and oxygen atoms in total. The molecular formula is C11H12O2. The molecule has 0 amide bonds. The summed E-state index contributed by atoms with van der Waals surface area (Å²) in [5.41, 5.74) is 2.56. The Labute approximate surface area is 77.5 Å². The Morgan fingerprint density at radius 1 is 1.38 bits per heavy atom. The fourth-order valence-electron chi connectivity index (χ4n) is 1.13. The highest BCUT2D eigenvalue weighted by atomic mass is 16.2. The van der Waals surface area contributed by atoms with Crippen molar-refractivity contribution in [3.8, 4) is 0 Å². The third kappa shape index (κ3) is 2.53. The number of carbonyl (C=O) groups excluding carboxylic acids is 1. The summed E-state index contributed by atoms with van der Waals surface area (Å²) < 4.78 is 0. The molecule has 0 aromatic heterocycles. The molecule has 1 rings (SSSR count). The standard InChI is InChI=1S/C11H12O2/c1-9-4-5-10(3-2-6-12)11(7-9)8-13/h2-5,7-8,12H,6H2,1H3. The average molecular weight is 176 g/mol. The van der Waals surface area contributed by atoms with E-state index >= 15 is 0 Å². The fourth-order valence-corrected chi connectivity index (χ4v) is 1.13. The molecule has 0 unspecified atom stereocenters. The normalized spacial score (nSPS) is 10.6. The minimum atomic E-state index is -0.00776. The summed E-state index contributed by atoms with van der Waals surface area (Å²) >= 11 is 0. The van der Waals surface area contributed by atoms with Crippen molar-refractivity contribution in [1.82, 2.24) is 0 Å². The lowest BCUT2D eigenvalue weighted by atomic mass is 10.1. The van der Waals surface area contributed by atoms with Crippen molar-refractivity contribution in [2.75, 3.05) is 6.61 Å². The summed E-state index contributed by atoms with van der Waals surface area (Å²) in [4.78, 5) is 10.6. The molecule has 1 aromatic rings. The highest BCUT2D eigenvalue weighted by molar-refractivity contribution is 5.82. The van der Waals surface area contributed by atoms with Crippen LogP contribution in [0.2, 0.25) is 0 Å². The summed E-state index contributed by atoms with van der Waals surface area (Å²) in [6.45, 7) is 1.93. The summed E-state index contributed by atoms with van der Waals surface area (Å²) in [5.74, 6) is 0. The first-order valence-corrected chi connectivity index (χ1v) is 4.11. The molecule has 0 fully saturated rings. The lowest BCUT2D eigenvalue weighted by Crippen LogP contribution is -1.87. The zero-order valence-corrected chi connectivity index (χ0v) is 7.53. The highest BCUT2D eigenvalue weighted by Crippen LogP contribution is 2.11. The first-order chi connectivity index (χ1) is 6.27. The molecule has 0 heterocycles. The molecule has 0 saturated heterocycles. The molecule has 0 atom stereocenters. The van der Waals surface area contributed by atoms with E-state index in [1.54, 1.807) is 12.2 Å². The second-order valence-corrected chi connectivity index (χ2v) is 2.84. The van der Waals surface area contributed by atoms with Crippen molar-refractivity contribution < 1.29 is 9.90 Å². The maximum absolute atomic E-state index is 10.6. The molecule has 0 bridgehead atoms. The molecule has 0 spiro atoms. The van der Waals surface area contributed by atoms with Gasteiger partial charge in [0.25, 0.3) is 0 Å². The molecule has 0 radical (unpaired) electrons. The van der Waals surface area contributed by atoms with Crippen LogP contribution in [0.1, 0.15) is 21.5 Å². The van der Waals surface area contributed by atoms with Crippen LogP contribution >= 0.6 is 0 Å². The Morgan fingerprint density at radius 2 is 2.15 bits per heavy atom. The quantitative estimate of drug-likeness (QED) is 0.713. The first kappa shape index (κ1) is 9.68. The summed E-state index contributed by atoms with van der Waals surface area (Å²) in [7, 11) is 0. The van der Waals surface area contributed by atoms with Crippen molar-refractivity contribution in [2.24, 2.45) is 0 Å². The number of rotatable bonds is 3. The number of hydrogen-bond acceptors (Lipinski definition) is 2. The summed E-state index contributed by atoms with van der Waals surface area (Å²) in [5, 5.41) is 8.57. The van der Waals surface area contributed by atoms with Crippen LogP contribution in [0.5, 0.6) is 0 Å². The van der Waals surface area contributed by atoms with Gasteiger partial charge < -0.3 is 5.11 Å². The second kappa shape index (κ2) is 4.58. The SMILES string of the molecule is Cc1ccc(C=CCO)c(C=O)c1. The smallest absolute Gasteiger partial charge is 0.150 e. The third-order valence-corrected chi connectivity index (χ3v) is 1.77. The average Bonchev–Trinajstić information content (AvgIpc) is 2.16. The maximum Gasteiger partial charge on any atom is 0.150 e. The Balaban J connectivity index is 3.06. The van der Waals surface area contributed by atoms with Gasteiger partial charge in [-0.15, -0.1) is 0 Å². The van der Waals surface area contributed by atoms with E-state index in [4.69, 9.17) is 5.11 Å². The lowest BCUT2D eigenvalue weighted by Gasteiger charge is -1.99. The number of benzene rings is 1. The summed E-state index contributed by atoms with van der Waals surface area (Å²) in [6, 6.07) is 5.62. The number of aliphatic hydroxyl groups is 1. The van der Waals surface area contributed by atoms with E-state index in [2.05, 4.69) is 0 Å². The van der Waals surface area contributed by atoms with Crippen LogP contribution in [0.4, 0.5) is 0 Å². The summed E-state index contributed by atoms with van der Waals surface area (Å²) in [6.07, 6.45) is 4.17. The first-order valence-electron chi connectivity index (χ1n) is 4.11. The number of carbonyl (C=O) groups is 1. The van der Waals surface area contributed by atoms with Gasteiger partial charge in [-0.1, -0.05) is 29.8 Å². The molecule has 0 saturated carbocycles. The minimum absolute atomic E-state index is 0.00776. The van der Waals surface area contributed by atoms with Gasteiger partial charge in [0.2, 0.25) is 0 Å². The Bertz CT molecular complexity index is 327. The molecule has 68 valence electrons. The van der Waals surface area contributed by atoms with Crippen LogP contribution in [-0.2, 0) is 0 Å². The fraction of sp³-hybridized carbons (Fsp3) is 0.182. The lowest BCUT2D eigenvalue weighted by molar-refractivity contribution is 0.112. The molecular weight excluding hydrogens is 164 g/mol. The van der Waals surface area contributed by atoms with E-state index in [1.807, 2.05) is 25.1 Å². The van der Waals surface area contributed by atoms with Crippen LogP contribution in [0.25, 0.3) is 6.08 Å². The van der Waals surface area contributed by atoms with Crippen molar-refractivity contribution in [3.63, 3.8) is 0 Å². The minimum Gasteiger partial charge on any atom is -0.392 e. The Hall–Kier alpha value is -1.41. The molecule has 13 heavy (non-hydrogen) atoms. The highest BCUT2D eigenvalue weighted by Gasteiger charge is 1.97. The number of hydrogen-bond donors (Lipinski definition) is 1. The van der Waals surface area contributed by atoms with Gasteiger partial charge in [-0.25, -0.2) is 0 Å². The van der Waals surface area contributed by atoms with Crippen LogP contribution in [0.15, 0.2) is 24.3 Å². The third-order valence-electron chi connectivity index (χ3n) is 1.77. The molecule has 0 aliphatic heterocycles. The number of aryl methyl sites for hydroxylation is 1. The van der Waals surface area contributed by atoms with Gasteiger partial charge in [0.05, 0.1) is 6.61 Å². The van der Waals surface area contributed by atoms with E-state index in [0.717, 1.165) is 17.4 Å². The van der Waals surface area contributed by atoms with E-state index < -0.39 is 0 Å². The Kier molecular flexibility index (Phi) is 3.41. The predicted molar refractivity (Wildman–Crippen MR) is 52.7 cm³/mol. The van der Waals surface area contributed by atoms with Crippen LogP contribution in [-0.4, -0.2) is 18.0 Å². The second-order valence-electron chi connectivity index (χ2n) is 2.84. The van der Waals surface area contributed by atoms with Gasteiger partial charge in [-0.3, -0.25) is 4.79 Å². The van der Waals surface area contributed by atoms with Crippen molar-refractivity contribution in [2.45, 2.75) is 6.92 Å². The number of aldehydes is 1. The van der Waals surface area contributed by atoms with E-state index in [1.165, 1.54) is 0 Å². The molecule has 0 aliphatic rings. The largest absolute Gasteiger partial charge is 0.392 e. The van der Waals surface area contributed by atoms with Crippen LogP contribution in [0, 0.1) is 6.92 Å². The van der Waals surface area contributed by atoms with Crippen molar-refractivity contribution in [1.29, 1.82) is 0 Å². The van der Waals surface area contributed by atoms with Gasteiger partial charge in [-0.2, -0.15) is 0 Å². The molecule has 0 aliphatic carbocycles. The molecule has 2 heteroatoms. The van der Waals surface area contributed by atoms with Gasteiger partial charge in [0.1, 0.15) is 0 Å². The van der Waals surface area contributed by atoms with Crippen molar-refractivity contribution in [3.05, 3.63) is 41.0 Å². The van der Waals surface area contributed by atoms with E-state index in [9.17, 15) is 4.79 Å². The van der Waals surface area contributed by atoms with Gasteiger partial charge >= 0.3 is 0 Å². The zero-order chi connectivity index (χ0) is 9.68. The van der Waals surface area contributed by atoms with E-state index in [0.29, 0.717) is 5.56 Å². The predicted octanol–water partition coefficient (Wildman–Crippen LogP) is 1.81. The topological polar surface area (TPSA) is 37.3 Å². The molecule has 1 aromatic carbocycles. The monoisotopic (exact) mass is 176 g/mol. The zero-order valence-electron chi connectivity index (χ0n) is 7.53. The van der Waals surface area contributed by atoms with Crippen LogP contribution < -0.4 is 0 Å². The van der Waals surface area contributed by atoms with Gasteiger partial charge in [0, 0.05) is 5.56 Å². The van der Waals surface area contributed by atoms with Gasteiger partial charge in [-0.05, 0) is 18.6 Å². The van der Waals surface area contributed by atoms with Gasteiger partial charge in [0.15, 0.2) is 6.29 Å². The van der Waals surface area contributed by atoms with Crippen molar-refractivity contribution >= 4 is 12.4 Å². The van der Waals surface area contributed by atoms with Crippen LogP contribution in [0.3, 0.4) is 0 Å². The number of aliphatic hydroxyl groups excluding tert-OH is 1. The molecule has 1 N–H and O–H groups in total. The Morgan fingerprint density at radius 3 is 2.77 bits per heavy atom. The maximum atomic E-state index is 10.6. The van der Waals surface area contributed by atoms with E-state index in [-0.39, 0.29) is 6.61 Å².